The van der Waals surface area contributed by atoms with E-state index in [1.165, 1.54) is 0 Å². The smallest absolute Gasteiger partial charge is 0.175 e. The van der Waals surface area contributed by atoms with Gasteiger partial charge in [0.1, 0.15) is 0 Å². The van der Waals surface area contributed by atoms with E-state index >= 15 is 0 Å². The Balaban J connectivity index is 2.11. The van der Waals surface area contributed by atoms with Crippen LogP contribution in [0, 0.1) is 25.2 Å². The first kappa shape index (κ1) is 14.0. The van der Waals surface area contributed by atoms with Crippen LogP contribution in [-0.4, -0.2) is 5.11 Å². The first-order valence-electron chi connectivity index (χ1n) is 6.24. The van der Waals surface area contributed by atoms with Gasteiger partial charge in [-0.15, -0.1) is 0 Å². The highest BCUT2D eigenvalue weighted by Crippen LogP contribution is 2.20. The minimum atomic E-state index is 0.512. The van der Waals surface area contributed by atoms with Gasteiger partial charge in [-0.3, -0.25) is 0 Å². The predicted molar refractivity (Wildman–Crippen MR) is 86.9 cm³/mol. The monoisotopic (exact) mass is 281 g/mol. The van der Waals surface area contributed by atoms with Crippen LogP contribution in [0.1, 0.15) is 16.7 Å². The quantitative estimate of drug-likeness (QED) is 0.817. The van der Waals surface area contributed by atoms with Crippen molar-refractivity contribution in [2.24, 2.45) is 0 Å². The van der Waals surface area contributed by atoms with Crippen LogP contribution >= 0.6 is 12.2 Å². The van der Waals surface area contributed by atoms with Gasteiger partial charge in [0.25, 0.3) is 0 Å². The SMILES string of the molecule is Cc1cccc(C)c1NC(=S)Nc1cccc(C#N)c1. The predicted octanol–water partition coefficient (Wildman–Crippen LogP) is 3.98. The fraction of sp³-hybridized carbons (Fsp3) is 0.125. The Morgan fingerprint density at radius 1 is 1.05 bits per heavy atom. The molecule has 0 bridgehead atoms. The Hall–Kier alpha value is -2.38. The third-order valence-corrected chi connectivity index (χ3v) is 3.17. The largest absolute Gasteiger partial charge is 0.332 e. The van der Waals surface area contributed by atoms with Crippen molar-refractivity contribution >= 4 is 28.7 Å². The molecule has 0 aliphatic carbocycles. The molecule has 0 atom stereocenters. The highest BCUT2D eigenvalue weighted by atomic mass is 32.1. The Morgan fingerprint density at radius 2 is 1.70 bits per heavy atom. The number of para-hydroxylation sites is 1. The number of anilines is 2. The van der Waals surface area contributed by atoms with Gasteiger partial charge >= 0.3 is 0 Å². The van der Waals surface area contributed by atoms with E-state index in [-0.39, 0.29) is 0 Å². The molecule has 100 valence electrons. The van der Waals surface area contributed by atoms with Crippen LogP contribution in [0.5, 0.6) is 0 Å². The average Bonchev–Trinajstić information content (AvgIpc) is 2.43. The zero-order valence-corrected chi connectivity index (χ0v) is 12.2. The summed E-state index contributed by atoms with van der Waals surface area (Å²) in [5.74, 6) is 0. The molecule has 2 N–H and O–H groups in total. The molecular formula is C16H15N3S. The molecular weight excluding hydrogens is 266 g/mol. The summed E-state index contributed by atoms with van der Waals surface area (Å²) >= 11 is 5.31. The van der Waals surface area contributed by atoms with Gasteiger partial charge in [0, 0.05) is 11.4 Å². The molecule has 0 heterocycles. The lowest BCUT2D eigenvalue weighted by Gasteiger charge is -2.14. The fourth-order valence-corrected chi connectivity index (χ4v) is 2.17. The molecule has 2 aromatic carbocycles. The number of hydrogen-bond donors (Lipinski definition) is 2. The van der Waals surface area contributed by atoms with Crippen molar-refractivity contribution in [3.63, 3.8) is 0 Å². The molecule has 4 heteroatoms. The van der Waals surface area contributed by atoms with Gasteiger partial charge in [-0.1, -0.05) is 24.3 Å². The molecule has 2 rings (SSSR count). The summed E-state index contributed by atoms with van der Waals surface area (Å²) in [6.07, 6.45) is 0. The van der Waals surface area contributed by atoms with Crippen molar-refractivity contribution in [2.45, 2.75) is 13.8 Å². The van der Waals surface area contributed by atoms with E-state index in [4.69, 9.17) is 17.5 Å². The van der Waals surface area contributed by atoms with Crippen molar-refractivity contribution in [1.29, 1.82) is 5.26 Å². The molecule has 0 aliphatic heterocycles. The highest BCUT2D eigenvalue weighted by Gasteiger charge is 2.04. The highest BCUT2D eigenvalue weighted by molar-refractivity contribution is 7.80. The van der Waals surface area contributed by atoms with Crippen molar-refractivity contribution in [2.75, 3.05) is 10.6 Å². The zero-order chi connectivity index (χ0) is 14.5. The van der Waals surface area contributed by atoms with E-state index in [0.29, 0.717) is 10.7 Å². The Kier molecular flexibility index (Phi) is 4.34. The second-order valence-corrected chi connectivity index (χ2v) is 4.95. The summed E-state index contributed by atoms with van der Waals surface area (Å²) in [6.45, 7) is 4.07. The molecule has 0 radical (unpaired) electrons. The van der Waals surface area contributed by atoms with Crippen LogP contribution in [0.2, 0.25) is 0 Å². The van der Waals surface area contributed by atoms with E-state index in [0.717, 1.165) is 22.5 Å². The summed E-state index contributed by atoms with van der Waals surface area (Å²) in [4.78, 5) is 0. The summed E-state index contributed by atoms with van der Waals surface area (Å²) < 4.78 is 0. The van der Waals surface area contributed by atoms with Crippen LogP contribution in [0.4, 0.5) is 11.4 Å². The molecule has 20 heavy (non-hydrogen) atoms. The minimum Gasteiger partial charge on any atom is -0.332 e. The van der Waals surface area contributed by atoms with Crippen LogP contribution in [-0.2, 0) is 0 Å². The second kappa shape index (κ2) is 6.18. The van der Waals surface area contributed by atoms with Gasteiger partial charge in [0.05, 0.1) is 11.6 Å². The van der Waals surface area contributed by atoms with Crippen molar-refractivity contribution in [3.8, 4) is 6.07 Å². The number of nitrogens with one attached hydrogen (secondary N) is 2. The van der Waals surface area contributed by atoms with E-state index in [1.807, 2.05) is 44.2 Å². The Labute approximate surface area is 124 Å². The standard InChI is InChI=1S/C16H15N3S/c1-11-5-3-6-12(2)15(11)19-16(20)18-14-8-4-7-13(9-14)10-17/h3-9H,1-2H3,(H2,18,19,20). The fourth-order valence-electron chi connectivity index (χ4n) is 1.95. The van der Waals surface area contributed by atoms with Gasteiger partial charge in [-0.2, -0.15) is 5.26 Å². The van der Waals surface area contributed by atoms with Crippen LogP contribution in [0.25, 0.3) is 0 Å². The molecule has 0 saturated carbocycles. The Bertz CT molecular complexity index is 666. The van der Waals surface area contributed by atoms with Gasteiger partial charge in [-0.25, -0.2) is 0 Å². The number of nitriles is 1. The minimum absolute atomic E-state index is 0.512. The summed E-state index contributed by atoms with van der Waals surface area (Å²) in [5.41, 5.74) is 4.69. The van der Waals surface area contributed by atoms with Crippen LogP contribution in [0.3, 0.4) is 0 Å². The lowest BCUT2D eigenvalue weighted by molar-refractivity contribution is 1.37. The number of rotatable bonds is 2. The topological polar surface area (TPSA) is 47.8 Å². The van der Waals surface area contributed by atoms with Crippen LogP contribution < -0.4 is 10.6 Å². The molecule has 2 aromatic rings. The van der Waals surface area contributed by atoms with Gasteiger partial charge in [-0.05, 0) is 55.4 Å². The third-order valence-electron chi connectivity index (χ3n) is 2.97. The number of aryl methyl sites for hydroxylation is 2. The van der Waals surface area contributed by atoms with E-state index in [1.54, 1.807) is 12.1 Å². The van der Waals surface area contributed by atoms with E-state index in [9.17, 15) is 0 Å². The van der Waals surface area contributed by atoms with Crippen molar-refractivity contribution in [3.05, 3.63) is 59.2 Å². The first-order chi connectivity index (χ1) is 9.60. The maximum atomic E-state index is 8.88. The summed E-state index contributed by atoms with van der Waals surface area (Å²) in [7, 11) is 0. The maximum Gasteiger partial charge on any atom is 0.175 e. The normalized spacial score (nSPS) is 9.65. The number of nitrogens with zero attached hydrogens (tertiary/aromatic N) is 1. The molecule has 0 aliphatic rings. The maximum absolute atomic E-state index is 8.88. The molecule has 0 saturated heterocycles. The van der Waals surface area contributed by atoms with E-state index in [2.05, 4.69) is 16.7 Å². The van der Waals surface area contributed by atoms with Gasteiger partial charge in [0.2, 0.25) is 0 Å². The van der Waals surface area contributed by atoms with Gasteiger partial charge in [0.15, 0.2) is 5.11 Å². The lowest BCUT2D eigenvalue weighted by Crippen LogP contribution is -2.20. The second-order valence-electron chi connectivity index (χ2n) is 4.54. The summed E-state index contributed by atoms with van der Waals surface area (Å²) in [5, 5.41) is 15.7. The van der Waals surface area contributed by atoms with Crippen molar-refractivity contribution < 1.29 is 0 Å². The first-order valence-corrected chi connectivity index (χ1v) is 6.65. The average molecular weight is 281 g/mol. The third kappa shape index (κ3) is 3.34. The molecule has 0 spiro atoms. The lowest BCUT2D eigenvalue weighted by atomic mass is 10.1. The van der Waals surface area contributed by atoms with Crippen LogP contribution in [0.15, 0.2) is 42.5 Å². The molecule has 0 unspecified atom stereocenters. The molecule has 3 nitrogen and oxygen atoms in total. The number of thiocarbonyl (C=S) groups is 1. The molecule has 0 amide bonds. The Morgan fingerprint density at radius 3 is 2.35 bits per heavy atom. The summed E-state index contributed by atoms with van der Waals surface area (Å²) in [6, 6.07) is 15.4. The van der Waals surface area contributed by atoms with E-state index < -0.39 is 0 Å². The molecule has 0 aromatic heterocycles. The molecule has 0 fully saturated rings. The number of hydrogen-bond acceptors (Lipinski definition) is 2. The van der Waals surface area contributed by atoms with Crippen molar-refractivity contribution in [1.82, 2.24) is 0 Å². The zero-order valence-electron chi connectivity index (χ0n) is 11.4. The number of benzene rings is 2. The van der Waals surface area contributed by atoms with Gasteiger partial charge < -0.3 is 10.6 Å².